The zero-order valence-corrected chi connectivity index (χ0v) is 21.5. The molecule has 0 saturated carbocycles. The summed E-state index contributed by atoms with van der Waals surface area (Å²) in [7, 11) is 5.30. The highest BCUT2D eigenvalue weighted by molar-refractivity contribution is 5.93. The van der Waals surface area contributed by atoms with Gasteiger partial charge in [-0.2, -0.15) is 0 Å². The second kappa shape index (κ2) is 13.6. The van der Waals surface area contributed by atoms with Gasteiger partial charge in [0, 0.05) is 36.3 Å². The van der Waals surface area contributed by atoms with E-state index in [0.717, 1.165) is 43.2 Å². The summed E-state index contributed by atoms with van der Waals surface area (Å²) >= 11 is 0. The SMILES string of the molecule is CCCCCOc1cc(/N=C\C2Cc3ccc(NC(=O)COCNC)cc3N2C)c(C=O)cc1OC. The Morgan fingerprint density at radius 2 is 2.06 bits per heavy atom. The Morgan fingerprint density at radius 3 is 2.78 bits per heavy atom. The summed E-state index contributed by atoms with van der Waals surface area (Å²) in [5.41, 5.74) is 3.86. The number of unbranched alkanes of at least 4 members (excludes halogenated alkanes) is 2. The molecule has 0 spiro atoms. The molecule has 1 amide bonds. The number of nitrogens with zero attached hydrogens (tertiary/aromatic N) is 2. The molecule has 0 saturated heterocycles. The van der Waals surface area contributed by atoms with E-state index in [2.05, 4.69) is 27.4 Å². The molecule has 2 N–H and O–H groups in total. The van der Waals surface area contributed by atoms with Gasteiger partial charge >= 0.3 is 0 Å². The van der Waals surface area contributed by atoms with Crippen LogP contribution < -0.4 is 25.0 Å². The number of benzene rings is 2. The number of anilines is 2. The molecule has 0 fully saturated rings. The molecule has 1 heterocycles. The van der Waals surface area contributed by atoms with Gasteiger partial charge in [-0.25, -0.2) is 0 Å². The van der Waals surface area contributed by atoms with Gasteiger partial charge in [0.1, 0.15) is 6.61 Å². The molecular formula is C27H36N4O5. The summed E-state index contributed by atoms with van der Waals surface area (Å²) in [5, 5.41) is 5.69. The fourth-order valence-electron chi connectivity index (χ4n) is 4.02. The predicted octanol–water partition coefficient (Wildman–Crippen LogP) is 3.97. The smallest absolute Gasteiger partial charge is 0.250 e. The molecule has 0 bridgehead atoms. The Labute approximate surface area is 212 Å². The molecule has 3 rings (SSSR count). The lowest BCUT2D eigenvalue weighted by Crippen LogP contribution is -2.29. The van der Waals surface area contributed by atoms with Crippen molar-refractivity contribution in [1.82, 2.24) is 5.32 Å². The number of aldehydes is 1. The molecule has 9 nitrogen and oxygen atoms in total. The third kappa shape index (κ3) is 7.05. The van der Waals surface area contributed by atoms with E-state index < -0.39 is 0 Å². The van der Waals surface area contributed by atoms with Crippen LogP contribution in [0.1, 0.15) is 42.1 Å². The summed E-state index contributed by atoms with van der Waals surface area (Å²) in [6, 6.07) is 9.27. The monoisotopic (exact) mass is 496 g/mol. The molecule has 1 aliphatic rings. The van der Waals surface area contributed by atoms with Crippen molar-refractivity contribution in [2.24, 2.45) is 4.99 Å². The number of hydrogen-bond acceptors (Lipinski definition) is 8. The van der Waals surface area contributed by atoms with E-state index in [1.54, 1.807) is 26.3 Å². The van der Waals surface area contributed by atoms with Gasteiger partial charge in [-0.05, 0) is 43.7 Å². The van der Waals surface area contributed by atoms with Gasteiger partial charge in [0.15, 0.2) is 17.8 Å². The van der Waals surface area contributed by atoms with Crippen LogP contribution in [-0.2, 0) is 16.0 Å². The number of aliphatic imine (C=N–C) groups is 1. The molecule has 1 atom stereocenters. The van der Waals surface area contributed by atoms with Crippen molar-refractivity contribution in [3.8, 4) is 11.5 Å². The normalized spacial score (nSPS) is 14.7. The second-order valence-electron chi connectivity index (χ2n) is 8.63. The lowest BCUT2D eigenvalue weighted by molar-refractivity contribution is -0.120. The van der Waals surface area contributed by atoms with Gasteiger partial charge in [0.25, 0.3) is 0 Å². The number of fused-ring (bicyclic) bond motifs is 1. The highest BCUT2D eigenvalue weighted by Crippen LogP contribution is 2.36. The van der Waals surface area contributed by atoms with Gasteiger partial charge < -0.3 is 24.4 Å². The van der Waals surface area contributed by atoms with E-state index in [4.69, 9.17) is 14.2 Å². The Balaban J connectivity index is 1.72. The Morgan fingerprint density at radius 1 is 1.22 bits per heavy atom. The van der Waals surface area contributed by atoms with Crippen molar-refractivity contribution < 1.29 is 23.8 Å². The van der Waals surface area contributed by atoms with Crippen molar-refractivity contribution in [2.45, 2.75) is 38.6 Å². The Kier molecular flexibility index (Phi) is 10.3. The minimum atomic E-state index is -0.211. The van der Waals surface area contributed by atoms with Crippen molar-refractivity contribution in [3.05, 3.63) is 41.5 Å². The lowest BCUT2D eigenvalue weighted by Gasteiger charge is -2.19. The molecular weight excluding hydrogens is 460 g/mol. The molecule has 1 unspecified atom stereocenters. The summed E-state index contributed by atoms with van der Waals surface area (Å²) in [4.78, 5) is 30.6. The number of nitrogens with one attached hydrogen (secondary N) is 2. The van der Waals surface area contributed by atoms with Gasteiger partial charge in [-0.15, -0.1) is 0 Å². The number of methoxy groups -OCH3 is 1. The summed E-state index contributed by atoms with van der Waals surface area (Å²) < 4.78 is 16.5. The first-order valence-corrected chi connectivity index (χ1v) is 12.2. The standard InChI is InChI=1S/C27H36N4O5/c1-5-6-7-10-36-26-14-23(20(16-32)12-25(26)34-4)29-15-22-11-19-8-9-21(13-24(19)31(22)3)30-27(33)17-35-18-28-2/h8-9,12-16,22,28H,5-7,10-11,17-18H2,1-4H3,(H,30,33)/b29-15-. The van der Waals surface area contributed by atoms with E-state index in [1.165, 1.54) is 0 Å². The van der Waals surface area contributed by atoms with E-state index >= 15 is 0 Å². The van der Waals surface area contributed by atoms with Gasteiger partial charge in [-0.1, -0.05) is 25.8 Å². The van der Waals surface area contributed by atoms with Crippen LogP contribution in [0.3, 0.4) is 0 Å². The van der Waals surface area contributed by atoms with E-state index in [1.807, 2.05) is 31.5 Å². The van der Waals surface area contributed by atoms with Crippen LogP contribution >= 0.6 is 0 Å². The van der Waals surface area contributed by atoms with E-state index in [-0.39, 0.29) is 18.6 Å². The van der Waals surface area contributed by atoms with Crippen molar-refractivity contribution in [2.75, 3.05) is 51.4 Å². The van der Waals surface area contributed by atoms with Crippen LogP contribution in [0.2, 0.25) is 0 Å². The molecule has 2 aromatic rings. The van der Waals surface area contributed by atoms with Crippen LogP contribution in [0.5, 0.6) is 11.5 Å². The fraction of sp³-hybridized carbons (Fsp3) is 0.444. The molecule has 36 heavy (non-hydrogen) atoms. The third-order valence-electron chi connectivity index (χ3n) is 5.99. The van der Waals surface area contributed by atoms with Crippen molar-refractivity contribution >= 4 is 35.5 Å². The minimum absolute atomic E-state index is 0.000407. The Bertz CT molecular complexity index is 1070. The molecule has 194 valence electrons. The zero-order valence-electron chi connectivity index (χ0n) is 21.5. The first-order valence-electron chi connectivity index (χ1n) is 12.2. The first kappa shape index (κ1) is 27.2. The predicted molar refractivity (Wildman–Crippen MR) is 142 cm³/mol. The maximum atomic E-state index is 12.1. The number of carbonyl (C=O) groups excluding carboxylic acids is 2. The van der Waals surface area contributed by atoms with Gasteiger partial charge in [0.05, 0.1) is 32.2 Å². The number of likely N-dealkylation sites (N-methyl/N-ethyl adjacent to an activating group) is 1. The summed E-state index contributed by atoms with van der Waals surface area (Å²) in [5.74, 6) is 0.884. The average molecular weight is 497 g/mol. The van der Waals surface area contributed by atoms with E-state index in [9.17, 15) is 9.59 Å². The summed E-state index contributed by atoms with van der Waals surface area (Å²) in [6.07, 6.45) is 6.53. The van der Waals surface area contributed by atoms with Crippen LogP contribution in [-0.4, -0.2) is 65.6 Å². The maximum Gasteiger partial charge on any atom is 0.250 e. The largest absolute Gasteiger partial charge is 0.493 e. The molecule has 2 aromatic carbocycles. The quantitative estimate of drug-likeness (QED) is 0.177. The molecule has 9 heteroatoms. The Hall–Kier alpha value is -3.43. The highest BCUT2D eigenvalue weighted by atomic mass is 16.5. The van der Waals surface area contributed by atoms with Crippen molar-refractivity contribution in [3.63, 3.8) is 0 Å². The number of amides is 1. The fourth-order valence-corrected chi connectivity index (χ4v) is 4.02. The zero-order chi connectivity index (χ0) is 25.9. The highest BCUT2D eigenvalue weighted by Gasteiger charge is 2.25. The lowest BCUT2D eigenvalue weighted by atomic mass is 10.1. The average Bonchev–Trinajstić information content (AvgIpc) is 3.20. The minimum Gasteiger partial charge on any atom is -0.493 e. The number of ether oxygens (including phenoxy) is 3. The summed E-state index contributed by atoms with van der Waals surface area (Å²) in [6.45, 7) is 3.01. The van der Waals surface area contributed by atoms with Gasteiger partial charge in [0.2, 0.25) is 5.91 Å². The molecule has 0 aromatic heterocycles. The first-order chi connectivity index (χ1) is 17.5. The topological polar surface area (TPSA) is 101 Å². The van der Waals surface area contributed by atoms with Crippen LogP contribution in [0.15, 0.2) is 35.3 Å². The molecule has 0 aliphatic carbocycles. The number of hydrogen-bond donors (Lipinski definition) is 2. The second-order valence-corrected chi connectivity index (χ2v) is 8.63. The van der Waals surface area contributed by atoms with Crippen LogP contribution in [0.4, 0.5) is 17.1 Å². The van der Waals surface area contributed by atoms with Crippen LogP contribution in [0, 0.1) is 0 Å². The van der Waals surface area contributed by atoms with Crippen molar-refractivity contribution in [1.29, 1.82) is 0 Å². The van der Waals surface area contributed by atoms with Crippen LogP contribution in [0.25, 0.3) is 0 Å². The number of carbonyl (C=O) groups is 2. The molecule has 0 radical (unpaired) electrons. The maximum absolute atomic E-state index is 12.1. The van der Waals surface area contributed by atoms with E-state index in [0.29, 0.717) is 41.8 Å². The molecule has 1 aliphatic heterocycles. The number of rotatable bonds is 14. The third-order valence-corrected chi connectivity index (χ3v) is 5.99. The van der Waals surface area contributed by atoms with Gasteiger partial charge in [-0.3, -0.25) is 19.9 Å².